The van der Waals surface area contributed by atoms with Gasteiger partial charge in [-0.05, 0) is 37.6 Å². The van der Waals surface area contributed by atoms with Crippen LogP contribution in [-0.4, -0.2) is 174 Å². The molecular weight excluding hydrogens is 862 g/mol. The second-order valence-electron chi connectivity index (χ2n) is 14.7. The Bertz CT molecular complexity index is 2320. The van der Waals surface area contributed by atoms with E-state index in [0.717, 1.165) is 0 Å². The van der Waals surface area contributed by atoms with Crippen molar-refractivity contribution in [1.29, 1.82) is 0 Å². The van der Waals surface area contributed by atoms with Crippen LogP contribution in [0.2, 0.25) is 0 Å². The zero-order valence-electron chi connectivity index (χ0n) is 34.9. The molecule has 3 heterocycles. The molecule has 3 aromatic rings. The van der Waals surface area contributed by atoms with E-state index in [0.29, 0.717) is 44.1 Å². The molecule has 5 amide bonds. The van der Waals surface area contributed by atoms with Gasteiger partial charge in [0.15, 0.2) is 11.2 Å². The first-order valence-electron chi connectivity index (χ1n) is 19.9. The number of rotatable bonds is 24. The number of nitrogens with one attached hydrogen (secondary N) is 7. The Morgan fingerprint density at radius 2 is 1.34 bits per heavy atom. The first kappa shape index (κ1) is 49.8. The third kappa shape index (κ3) is 16.1. The highest BCUT2D eigenvalue weighted by atomic mass is 16.4. The molecule has 1 aliphatic heterocycles. The summed E-state index contributed by atoms with van der Waals surface area (Å²) >= 11 is 0. The molecular formula is C38H49N13O14. The quantitative estimate of drug-likeness (QED) is 0.0409. The number of amides is 5. The zero-order valence-corrected chi connectivity index (χ0v) is 34.9. The molecule has 0 unspecified atom stereocenters. The summed E-state index contributed by atoms with van der Waals surface area (Å²) in [4.78, 5) is 139. The molecule has 27 nitrogen and oxygen atoms in total. The van der Waals surface area contributed by atoms with Gasteiger partial charge in [0.2, 0.25) is 29.6 Å². The lowest BCUT2D eigenvalue weighted by Crippen LogP contribution is -2.53. The molecule has 0 radical (unpaired) electrons. The van der Waals surface area contributed by atoms with Crippen LogP contribution >= 0.6 is 0 Å². The summed E-state index contributed by atoms with van der Waals surface area (Å²) in [5, 5.41) is 52.2. The highest BCUT2D eigenvalue weighted by molar-refractivity contribution is 5.97. The largest absolute Gasteiger partial charge is 0.480 e. The highest BCUT2D eigenvalue weighted by Gasteiger charge is 2.28. The second kappa shape index (κ2) is 23.6. The number of fused-ring (bicyclic) bond motifs is 1. The number of aliphatic carboxylic acids is 4. The number of benzene rings is 1. The maximum Gasteiger partial charge on any atom is 0.326 e. The SMILES string of the molecule is C[C@H](NC(=O)C[C@H](NC(=O)CN1CCN(CCNC(=O)C[C@H](NC(=O)CC[C@H](NC(=O)c2ccc(NCc3cnc4nc(N)[nH]c(=O)c4n3)cc2)C(=O)O)C(=O)O)CC1)C(=O)O)C(=O)O. The van der Waals surface area contributed by atoms with E-state index in [2.05, 4.69) is 51.8 Å². The van der Waals surface area contributed by atoms with Crippen molar-refractivity contribution < 1.29 is 63.6 Å². The van der Waals surface area contributed by atoms with Gasteiger partial charge in [0, 0.05) is 56.9 Å². The fourth-order valence-electron chi connectivity index (χ4n) is 6.20. The summed E-state index contributed by atoms with van der Waals surface area (Å²) in [6, 6.07) is -0.0569. The Kier molecular flexibility index (Phi) is 18.1. The van der Waals surface area contributed by atoms with Crippen LogP contribution in [0.25, 0.3) is 11.2 Å². The van der Waals surface area contributed by atoms with Gasteiger partial charge >= 0.3 is 23.9 Å². The molecule has 4 atom stereocenters. The minimum Gasteiger partial charge on any atom is -0.480 e. The van der Waals surface area contributed by atoms with E-state index in [1.54, 1.807) is 17.0 Å². The number of piperazine rings is 1. The Morgan fingerprint density at radius 3 is 1.95 bits per heavy atom. The summed E-state index contributed by atoms with van der Waals surface area (Å²) in [5.74, 6) is -9.68. The van der Waals surface area contributed by atoms with E-state index >= 15 is 0 Å². The zero-order chi connectivity index (χ0) is 47.8. The third-order valence-electron chi connectivity index (χ3n) is 9.75. The number of anilines is 2. The number of aromatic amines is 1. The molecule has 0 saturated carbocycles. The maximum absolute atomic E-state index is 12.9. The van der Waals surface area contributed by atoms with Gasteiger partial charge in [0.05, 0.1) is 37.8 Å². The average Bonchev–Trinajstić information content (AvgIpc) is 3.24. The normalized spacial score (nSPS) is 14.7. The van der Waals surface area contributed by atoms with E-state index in [4.69, 9.17) is 10.8 Å². The van der Waals surface area contributed by atoms with E-state index in [9.17, 15) is 63.3 Å². The van der Waals surface area contributed by atoms with E-state index in [-0.39, 0.29) is 42.3 Å². The van der Waals surface area contributed by atoms with Gasteiger partial charge in [0.25, 0.3) is 11.5 Å². The van der Waals surface area contributed by atoms with Crippen LogP contribution in [0.1, 0.15) is 48.7 Å². The van der Waals surface area contributed by atoms with Gasteiger partial charge in [-0.3, -0.25) is 48.3 Å². The number of nitrogens with two attached hydrogens (primary N) is 1. The molecule has 0 spiro atoms. The number of nitrogen functional groups attached to an aromatic ring is 1. The van der Waals surface area contributed by atoms with Crippen molar-refractivity contribution in [2.75, 3.05) is 56.9 Å². The molecule has 350 valence electrons. The monoisotopic (exact) mass is 911 g/mol. The summed E-state index contributed by atoms with van der Waals surface area (Å²) in [6.07, 6.45) is -0.794. The number of carbonyl (C=O) groups is 9. The molecule has 0 aliphatic carbocycles. The van der Waals surface area contributed by atoms with Crippen molar-refractivity contribution in [1.82, 2.24) is 56.3 Å². The standard InChI is InChI=1S/C38H49N13O14/c1-19(34(58)59)43-28(54)15-25(37(64)65)46-29(55)18-51-12-10-50(11-13-51)9-8-40-27(53)14-24(36(62)63)45-26(52)7-6-23(35(60)61)47-32(56)20-2-4-21(5-3-20)41-16-22-17-42-31-30(44-22)33(57)49-38(39)48-31/h2-5,17,19,23-25,41H,6-16,18H2,1H3,(H,40,53)(H,43,54)(H,45,52)(H,46,55)(H,47,56)(H,58,59)(H,60,61)(H,62,63)(H,64,65)(H3,39,42,48,49,57)/t19-,23-,24-,25-/m0/s1. The number of aromatic nitrogens is 4. The Balaban J connectivity index is 1.14. The van der Waals surface area contributed by atoms with Crippen molar-refractivity contribution >= 4 is 76.2 Å². The number of H-pyrrole nitrogens is 1. The number of carbonyl (C=O) groups excluding carboxylic acids is 5. The molecule has 13 N–H and O–H groups in total. The Labute approximate surface area is 367 Å². The summed E-state index contributed by atoms with van der Waals surface area (Å²) < 4.78 is 0. The lowest BCUT2D eigenvalue weighted by Gasteiger charge is -2.34. The van der Waals surface area contributed by atoms with Gasteiger partial charge in [-0.25, -0.2) is 24.4 Å². The van der Waals surface area contributed by atoms with Crippen molar-refractivity contribution in [3.05, 3.63) is 52.1 Å². The highest BCUT2D eigenvalue weighted by Crippen LogP contribution is 2.13. The van der Waals surface area contributed by atoms with Gasteiger partial charge in [-0.2, -0.15) is 4.98 Å². The summed E-state index contributed by atoms with van der Waals surface area (Å²) in [7, 11) is 0. The fourth-order valence-corrected chi connectivity index (χ4v) is 6.20. The molecule has 1 saturated heterocycles. The van der Waals surface area contributed by atoms with Crippen LogP contribution in [0.5, 0.6) is 0 Å². The predicted molar refractivity (Wildman–Crippen MR) is 224 cm³/mol. The first-order chi connectivity index (χ1) is 30.8. The van der Waals surface area contributed by atoms with Gasteiger partial charge in [-0.15, -0.1) is 0 Å². The molecule has 1 fully saturated rings. The third-order valence-corrected chi connectivity index (χ3v) is 9.75. The lowest BCUT2D eigenvalue weighted by molar-refractivity contribution is -0.144. The summed E-state index contributed by atoms with van der Waals surface area (Å²) in [6.45, 7) is 3.36. The van der Waals surface area contributed by atoms with E-state index < -0.39 is 109 Å². The van der Waals surface area contributed by atoms with Crippen LogP contribution in [0.3, 0.4) is 0 Å². The maximum atomic E-state index is 12.9. The van der Waals surface area contributed by atoms with Gasteiger partial charge in [0.1, 0.15) is 24.2 Å². The van der Waals surface area contributed by atoms with E-state index in [1.165, 1.54) is 25.3 Å². The van der Waals surface area contributed by atoms with Crippen LogP contribution in [0.4, 0.5) is 11.6 Å². The second-order valence-corrected chi connectivity index (χ2v) is 14.7. The average molecular weight is 912 g/mol. The number of carboxylic acids is 4. The van der Waals surface area contributed by atoms with Crippen molar-refractivity contribution in [2.45, 2.75) is 63.3 Å². The molecule has 1 aliphatic rings. The molecule has 4 rings (SSSR count). The van der Waals surface area contributed by atoms with Crippen molar-refractivity contribution in [2.24, 2.45) is 0 Å². The van der Waals surface area contributed by atoms with Crippen LogP contribution in [-0.2, 0) is 44.9 Å². The number of nitrogens with zero attached hydrogens (tertiary/aromatic N) is 5. The summed E-state index contributed by atoms with van der Waals surface area (Å²) in [5.41, 5.74) is 6.10. The number of hydrogen-bond acceptors (Lipinski definition) is 17. The van der Waals surface area contributed by atoms with Gasteiger partial charge < -0.3 is 58.1 Å². The molecule has 27 heteroatoms. The van der Waals surface area contributed by atoms with Crippen LogP contribution in [0.15, 0.2) is 35.3 Å². The van der Waals surface area contributed by atoms with Gasteiger partial charge in [-0.1, -0.05) is 0 Å². The van der Waals surface area contributed by atoms with Crippen molar-refractivity contribution in [3.8, 4) is 0 Å². The molecule has 0 bridgehead atoms. The number of carboxylic acid groups (broad SMARTS) is 4. The van der Waals surface area contributed by atoms with Crippen LogP contribution in [0, 0.1) is 0 Å². The minimum absolute atomic E-state index is 0.00160. The Hall–Kier alpha value is -7.81. The molecule has 2 aromatic heterocycles. The minimum atomic E-state index is -1.64. The Morgan fingerprint density at radius 1 is 0.738 bits per heavy atom. The fraction of sp³-hybridized carbons (Fsp3) is 0.447. The molecule has 65 heavy (non-hydrogen) atoms. The molecule has 1 aromatic carbocycles. The topological polar surface area (TPSA) is 411 Å². The first-order valence-corrected chi connectivity index (χ1v) is 19.9. The van der Waals surface area contributed by atoms with Crippen molar-refractivity contribution in [3.63, 3.8) is 0 Å². The predicted octanol–water partition coefficient (Wildman–Crippen LogP) is -3.89. The van der Waals surface area contributed by atoms with Crippen LogP contribution < -0.4 is 43.2 Å². The number of hydrogen-bond donors (Lipinski definition) is 12. The smallest absolute Gasteiger partial charge is 0.326 e. The van der Waals surface area contributed by atoms with E-state index in [1.807, 2.05) is 4.90 Å². The lowest BCUT2D eigenvalue weighted by atomic mass is 10.1.